The predicted octanol–water partition coefficient (Wildman–Crippen LogP) is 1.28. The van der Waals surface area contributed by atoms with Crippen molar-refractivity contribution in [3.8, 4) is 5.75 Å². The number of ether oxygens (including phenoxy) is 1. The van der Waals surface area contributed by atoms with Crippen LogP contribution in [0.1, 0.15) is 29.2 Å². The van der Waals surface area contributed by atoms with Crippen molar-refractivity contribution in [1.82, 2.24) is 5.32 Å². The van der Waals surface area contributed by atoms with Crippen LogP contribution in [0.15, 0.2) is 12.1 Å². The third kappa shape index (κ3) is 3.02. The van der Waals surface area contributed by atoms with E-state index in [1.165, 1.54) is 0 Å². The van der Waals surface area contributed by atoms with Crippen LogP contribution in [0.3, 0.4) is 0 Å². The number of benzene rings is 1. The van der Waals surface area contributed by atoms with E-state index < -0.39 is 6.10 Å². The van der Waals surface area contributed by atoms with Crippen molar-refractivity contribution >= 4 is 0 Å². The normalized spacial score (nSPS) is 14.3. The minimum absolute atomic E-state index is 0.0264. The molecule has 0 fully saturated rings. The Hall–Kier alpha value is -1.10. The molecule has 0 saturated heterocycles. The zero-order chi connectivity index (χ0) is 13.7. The van der Waals surface area contributed by atoms with E-state index >= 15 is 0 Å². The minimum atomic E-state index is -0.553. The van der Waals surface area contributed by atoms with Crippen molar-refractivity contribution in [2.24, 2.45) is 5.73 Å². The molecule has 4 heteroatoms. The smallest absolute Gasteiger partial charge is 0.122 e. The molecule has 0 saturated carbocycles. The molecule has 0 aliphatic carbocycles. The van der Waals surface area contributed by atoms with Gasteiger partial charge in [-0.05, 0) is 56.6 Å². The Labute approximate surface area is 109 Å². The van der Waals surface area contributed by atoms with Gasteiger partial charge in [-0.25, -0.2) is 0 Å². The van der Waals surface area contributed by atoms with Crippen LogP contribution in [0.5, 0.6) is 5.75 Å². The van der Waals surface area contributed by atoms with Gasteiger partial charge in [-0.15, -0.1) is 0 Å². The van der Waals surface area contributed by atoms with Gasteiger partial charge in [-0.2, -0.15) is 0 Å². The third-order valence-corrected chi connectivity index (χ3v) is 3.55. The lowest BCUT2D eigenvalue weighted by Gasteiger charge is -2.25. The molecule has 1 rings (SSSR count). The summed E-state index contributed by atoms with van der Waals surface area (Å²) in [6, 6.07) is 3.80. The number of likely N-dealkylation sites (N-methyl/N-ethyl adjacent to an activating group) is 1. The molecular formula is C14H24N2O2. The van der Waals surface area contributed by atoms with Gasteiger partial charge in [-0.1, -0.05) is 6.07 Å². The zero-order valence-electron chi connectivity index (χ0n) is 11.7. The largest absolute Gasteiger partial charge is 0.496 e. The lowest BCUT2D eigenvalue weighted by atomic mass is 9.93. The fourth-order valence-electron chi connectivity index (χ4n) is 2.21. The number of methoxy groups -OCH3 is 1. The molecule has 0 radical (unpaired) electrons. The molecule has 4 N–H and O–H groups in total. The van der Waals surface area contributed by atoms with Crippen molar-refractivity contribution in [1.29, 1.82) is 0 Å². The third-order valence-electron chi connectivity index (χ3n) is 3.55. The lowest BCUT2D eigenvalue weighted by molar-refractivity contribution is 0.128. The highest BCUT2D eigenvalue weighted by atomic mass is 16.5. The van der Waals surface area contributed by atoms with E-state index in [2.05, 4.69) is 5.32 Å². The first-order chi connectivity index (χ1) is 8.56. The molecule has 2 atom stereocenters. The zero-order valence-corrected chi connectivity index (χ0v) is 11.7. The number of hydrogen-bond acceptors (Lipinski definition) is 4. The number of nitrogens with two attached hydrogens (primary N) is 1. The number of hydrogen-bond donors (Lipinski definition) is 3. The summed E-state index contributed by atoms with van der Waals surface area (Å²) in [6.45, 7) is 4.56. The summed E-state index contributed by atoms with van der Waals surface area (Å²) in [7, 11) is 3.50. The van der Waals surface area contributed by atoms with E-state index in [4.69, 9.17) is 10.5 Å². The first kappa shape index (κ1) is 15.0. The van der Waals surface area contributed by atoms with Crippen LogP contribution < -0.4 is 15.8 Å². The van der Waals surface area contributed by atoms with Gasteiger partial charge in [0.1, 0.15) is 5.75 Å². The van der Waals surface area contributed by atoms with Crippen LogP contribution in [0.25, 0.3) is 0 Å². The van der Waals surface area contributed by atoms with Gasteiger partial charge in [0.05, 0.1) is 13.2 Å². The molecule has 1 aromatic carbocycles. The second kappa shape index (κ2) is 6.73. The van der Waals surface area contributed by atoms with Crippen LogP contribution in [0.4, 0.5) is 0 Å². The van der Waals surface area contributed by atoms with Crippen molar-refractivity contribution in [3.05, 3.63) is 28.8 Å². The summed E-state index contributed by atoms with van der Waals surface area (Å²) in [5, 5.41) is 13.5. The second-order valence-corrected chi connectivity index (χ2v) is 4.52. The first-order valence-corrected chi connectivity index (χ1v) is 6.26. The molecule has 4 nitrogen and oxygen atoms in total. The standard InChI is InChI=1S/C14H24N2O2/c1-9-10(2)13(18-4)6-5-11(9)14(17)12(16-3)7-8-15/h5-6,12,14,16-17H,7-8,15H2,1-4H3. The Morgan fingerprint density at radius 1 is 1.33 bits per heavy atom. The molecule has 0 aliphatic rings. The van der Waals surface area contributed by atoms with Gasteiger partial charge in [0.15, 0.2) is 0 Å². The highest BCUT2D eigenvalue weighted by molar-refractivity contribution is 5.44. The summed E-state index contributed by atoms with van der Waals surface area (Å²) < 4.78 is 5.28. The Kier molecular flexibility index (Phi) is 5.59. The predicted molar refractivity (Wildman–Crippen MR) is 73.9 cm³/mol. The summed E-state index contributed by atoms with van der Waals surface area (Å²) in [4.78, 5) is 0. The van der Waals surface area contributed by atoms with E-state index in [1.807, 2.05) is 33.0 Å². The number of aliphatic hydroxyl groups is 1. The van der Waals surface area contributed by atoms with Crippen LogP contribution in [-0.2, 0) is 0 Å². The topological polar surface area (TPSA) is 67.5 Å². The number of rotatable bonds is 6. The maximum Gasteiger partial charge on any atom is 0.122 e. The van der Waals surface area contributed by atoms with E-state index in [-0.39, 0.29) is 6.04 Å². The van der Waals surface area contributed by atoms with Gasteiger partial charge >= 0.3 is 0 Å². The number of nitrogens with one attached hydrogen (secondary N) is 1. The van der Waals surface area contributed by atoms with Gasteiger partial charge < -0.3 is 20.9 Å². The molecule has 0 bridgehead atoms. The van der Waals surface area contributed by atoms with E-state index in [1.54, 1.807) is 7.11 Å². The summed E-state index contributed by atoms with van der Waals surface area (Å²) in [5.74, 6) is 0.850. The van der Waals surface area contributed by atoms with E-state index in [9.17, 15) is 5.11 Å². The molecule has 0 aromatic heterocycles. The van der Waals surface area contributed by atoms with Gasteiger partial charge in [0.25, 0.3) is 0 Å². The molecular weight excluding hydrogens is 228 g/mol. The van der Waals surface area contributed by atoms with Gasteiger partial charge in [0.2, 0.25) is 0 Å². The van der Waals surface area contributed by atoms with Crippen LogP contribution >= 0.6 is 0 Å². The molecule has 0 amide bonds. The molecule has 0 heterocycles. The van der Waals surface area contributed by atoms with E-state index in [0.717, 1.165) is 28.9 Å². The SMILES string of the molecule is CNC(CCN)C(O)c1ccc(OC)c(C)c1C. The quantitative estimate of drug-likeness (QED) is 0.713. The fourth-order valence-corrected chi connectivity index (χ4v) is 2.21. The molecule has 102 valence electrons. The van der Waals surface area contributed by atoms with Crippen molar-refractivity contribution in [3.63, 3.8) is 0 Å². The highest BCUT2D eigenvalue weighted by Crippen LogP contribution is 2.29. The summed E-state index contributed by atoms with van der Waals surface area (Å²) in [6.07, 6.45) is 0.186. The maximum absolute atomic E-state index is 10.4. The molecule has 2 unspecified atom stereocenters. The van der Waals surface area contributed by atoms with Crippen molar-refractivity contribution < 1.29 is 9.84 Å². The molecule has 18 heavy (non-hydrogen) atoms. The van der Waals surface area contributed by atoms with Crippen LogP contribution in [0, 0.1) is 13.8 Å². The second-order valence-electron chi connectivity index (χ2n) is 4.52. The van der Waals surface area contributed by atoms with Gasteiger partial charge in [0, 0.05) is 6.04 Å². The van der Waals surface area contributed by atoms with Crippen LogP contribution in [-0.4, -0.2) is 31.9 Å². The maximum atomic E-state index is 10.4. The summed E-state index contributed by atoms with van der Waals surface area (Å²) in [5.41, 5.74) is 8.63. The minimum Gasteiger partial charge on any atom is -0.496 e. The van der Waals surface area contributed by atoms with Crippen molar-refractivity contribution in [2.75, 3.05) is 20.7 Å². The first-order valence-electron chi connectivity index (χ1n) is 6.26. The molecule has 0 spiro atoms. The lowest BCUT2D eigenvalue weighted by Crippen LogP contribution is -2.34. The number of aliphatic hydroxyl groups excluding tert-OH is 1. The fraction of sp³-hybridized carbons (Fsp3) is 0.571. The average Bonchev–Trinajstić information content (AvgIpc) is 2.38. The summed E-state index contributed by atoms with van der Waals surface area (Å²) >= 11 is 0. The van der Waals surface area contributed by atoms with E-state index in [0.29, 0.717) is 6.54 Å². The van der Waals surface area contributed by atoms with Gasteiger partial charge in [-0.3, -0.25) is 0 Å². The highest BCUT2D eigenvalue weighted by Gasteiger charge is 2.21. The molecule has 1 aromatic rings. The Morgan fingerprint density at radius 3 is 2.50 bits per heavy atom. The monoisotopic (exact) mass is 252 g/mol. The average molecular weight is 252 g/mol. The Balaban J connectivity index is 3.05. The Morgan fingerprint density at radius 2 is 2.00 bits per heavy atom. The molecule has 0 aliphatic heterocycles. The van der Waals surface area contributed by atoms with Crippen LogP contribution in [0.2, 0.25) is 0 Å². The van der Waals surface area contributed by atoms with Crippen molar-refractivity contribution in [2.45, 2.75) is 32.4 Å². The Bertz CT molecular complexity index is 394.